The molecule has 0 aromatic heterocycles. The average Bonchev–Trinajstić information content (AvgIpc) is 2.88. The van der Waals surface area contributed by atoms with Crippen LogP contribution in [0.5, 0.6) is 0 Å². The molecule has 2 saturated heterocycles. The number of hydrogen-bond acceptors (Lipinski definition) is 4. The van der Waals surface area contributed by atoms with Gasteiger partial charge < -0.3 is 15.5 Å². The van der Waals surface area contributed by atoms with Crippen molar-refractivity contribution >= 4 is 23.6 Å². The average molecular weight is 342 g/mol. The van der Waals surface area contributed by atoms with E-state index in [-0.39, 0.29) is 34.7 Å². The van der Waals surface area contributed by atoms with Crippen LogP contribution in [0, 0.1) is 10.8 Å². The number of amides is 2. The molecule has 2 N–H and O–H groups in total. The molecule has 2 aliphatic heterocycles. The fraction of sp³-hybridized carbons (Fsp3) is 0.882. The number of nitrogens with zero attached hydrogens (tertiary/aromatic N) is 2. The van der Waals surface area contributed by atoms with Gasteiger partial charge in [-0.15, -0.1) is 11.8 Å². The van der Waals surface area contributed by atoms with Crippen LogP contribution in [0.3, 0.4) is 0 Å². The maximum absolute atomic E-state index is 13.0. The van der Waals surface area contributed by atoms with E-state index in [4.69, 9.17) is 5.73 Å². The van der Waals surface area contributed by atoms with Crippen LogP contribution in [0.1, 0.15) is 47.5 Å². The van der Waals surface area contributed by atoms with E-state index in [0.717, 1.165) is 6.42 Å². The highest BCUT2D eigenvalue weighted by Gasteiger charge is 2.41. The molecule has 5 nitrogen and oxygen atoms in total. The summed E-state index contributed by atoms with van der Waals surface area (Å²) in [4.78, 5) is 29.2. The molecule has 0 bridgehead atoms. The minimum Gasteiger partial charge on any atom is -0.340 e. The largest absolute Gasteiger partial charge is 0.340 e. The van der Waals surface area contributed by atoms with Gasteiger partial charge in [-0.05, 0) is 17.3 Å². The van der Waals surface area contributed by atoms with Gasteiger partial charge in [-0.3, -0.25) is 9.59 Å². The van der Waals surface area contributed by atoms with Crippen molar-refractivity contribution in [1.29, 1.82) is 0 Å². The lowest BCUT2D eigenvalue weighted by Crippen LogP contribution is -2.58. The van der Waals surface area contributed by atoms with E-state index in [1.807, 2.05) is 4.90 Å². The van der Waals surface area contributed by atoms with Crippen molar-refractivity contribution in [2.24, 2.45) is 16.6 Å². The molecule has 2 amide bonds. The molecule has 2 unspecified atom stereocenters. The van der Waals surface area contributed by atoms with Crippen LogP contribution in [-0.4, -0.2) is 58.4 Å². The quantitative estimate of drug-likeness (QED) is 0.833. The summed E-state index contributed by atoms with van der Waals surface area (Å²) in [5, 5.41) is 0. The molecule has 0 aliphatic carbocycles. The Morgan fingerprint density at radius 3 is 2.52 bits per heavy atom. The van der Waals surface area contributed by atoms with Crippen molar-refractivity contribution in [1.82, 2.24) is 9.80 Å². The van der Waals surface area contributed by atoms with Crippen LogP contribution in [0.4, 0.5) is 0 Å². The van der Waals surface area contributed by atoms with E-state index < -0.39 is 0 Å². The smallest absolute Gasteiger partial charge is 0.246 e. The summed E-state index contributed by atoms with van der Waals surface area (Å²) in [5.74, 6) is 1.52. The van der Waals surface area contributed by atoms with Crippen molar-refractivity contribution < 1.29 is 9.59 Å². The van der Waals surface area contributed by atoms with E-state index >= 15 is 0 Å². The molecule has 23 heavy (non-hydrogen) atoms. The Labute approximate surface area is 144 Å². The summed E-state index contributed by atoms with van der Waals surface area (Å²) >= 11 is 1.67. The molecule has 0 aromatic carbocycles. The van der Waals surface area contributed by atoms with Crippen molar-refractivity contribution in [2.45, 2.75) is 59.5 Å². The third-order valence-corrected chi connectivity index (χ3v) is 5.81. The zero-order chi connectivity index (χ0) is 17.4. The fourth-order valence-electron chi connectivity index (χ4n) is 3.22. The zero-order valence-electron chi connectivity index (χ0n) is 15.1. The molecule has 2 rings (SSSR count). The van der Waals surface area contributed by atoms with Gasteiger partial charge in [0.1, 0.15) is 6.04 Å². The van der Waals surface area contributed by atoms with Crippen LogP contribution in [0.2, 0.25) is 0 Å². The molecule has 0 saturated carbocycles. The van der Waals surface area contributed by atoms with Crippen molar-refractivity contribution in [3.63, 3.8) is 0 Å². The second-order valence-corrected chi connectivity index (χ2v) is 9.76. The molecule has 2 heterocycles. The van der Waals surface area contributed by atoms with Gasteiger partial charge in [0.2, 0.25) is 11.8 Å². The topological polar surface area (TPSA) is 66.6 Å². The van der Waals surface area contributed by atoms with Crippen LogP contribution in [0.15, 0.2) is 0 Å². The number of thioether (sulfide) groups is 1. The first-order chi connectivity index (χ1) is 10.5. The highest BCUT2D eigenvalue weighted by atomic mass is 32.2. The lowest BCUT2D eigenvalue weighted by atomic mass is 9.79. The molecule has 0 spiro atoms. The molecule has 2 aliphatic rings. The van der Waals surface area contributed by atoms with E-state index in [9.17, 15) is 9.59 Å². The second-order valence-electron chi connectivity index (χ2n) is 8.76. The summed E-state index contributed by atoms with van der Waals surface area (Å²) in [6, 6.07) is -0.178. The van der Waals surface area contributed by atoms with Gasteiger partial charge in [-0.25, -0.2) is 0 Å². The van der Waals surface area contributed by atoms with Gasteiger partial charge in [-0.2, -0.15) is 0 Å². The third-order valence-electron chi connectivity index (χ3n) is 4.79. The van der Waals surface area contributed by atoms with Crippen LogP contribution >= 0.6 is 11.8 Å². The maximum Gasteiger partial charge on any atom is 0.246 e. The van der Waals surface area contributed by atoms with Gasteiger partial charge in [-0.1, -0.05) is 34.6 Å². The first-order valence-electron chi connectivity index (χ1n) is 8.43. The molecule has 0 aromatic rings. The van der Waals surface area contributed by atoms with Gasteiger partial charge in [0.05, 0.1) is 5.88 Å². The number of piperidine rings is 1. The van der Waals surface area contributed by atoms with Crippen LogP contribution < -0.4 is 5.73 Å². The number of likely N-dealkylation sites (tertiary alicyclic amines) is 1. The van der Waals surface area contributed by atoms with Gasteiger partial charge in [0, 0.05) is 31.3 Å². The first-order valence-corrected chi connectivity index (χ1v) is 9.58. The molecule has 2 fully saturated rings. The maximum atomic E-state index is 13.0. The van der Waals surface area contributed by atoms with Gasteiger partial charge >= 0.3 is 0 Å². The Bertz CT molecular complexity index is 473. The Balaban J connectivity index is 2.05. The number of carbonyl (C=O) groups excluding carboxylic acids is 2. The Morgan fingerprint density at radius 2 is 1.96 bits per heavy atom. The standard InChI is InChI=1S/C17H31N3O2S/c1-16(2,3)8-14(21)20-11-23-9-12(20)15(22)19-7-6-13(18)17(4,5)10-19/h12-13H,6-11,18H2,1-5H3. The highest BCUT2D eigenvalue weighted by Crippen LogP contribution is 2.31. The lowest BCUT2D eigenvalue weighted by molar-refractivity contribution is -0.146. The molecule has 0 radical (unpaired) electrons. The number of nitrogens with two attached hydrogens (primary N) is 1. The fourth-order valence-corrected chi connectivity index (χ4v) is 4.39. The second kappa shape index (κ2) is 6.63. The summed E-state index contributed by atoms with van der Waals surface area (Å²) in [6.45, 7) is 11.8. The molecular weight excluding hydrogens is 310 g/mol. The van der Waals surface area contributed by atoms with Crippen molar-refractivity contribution in [2.75, 3.05) is 24.7 Å². The molecular formula is C17H31N3O2S. The van der Waals surface area contributed by atoms with Gasteiger partial charge in [0.15, 0.2) is 0 Å². The van der Waals surface area contributed by atoms with Crippen LogP contribution in [-0.2, 0) is 9.59 Å². The predicted molar refractivity (Wildman–Crippen MR) is 95.0 cm³/mol. The SMILES string of the molecule is CC(C)(C)CC(=O)N1CSCC1C(=O)N1CCC(N)C(C)(C)C1. The Hall–Kier alpha value is -0.750. The van der Waals surface area contributed by atoms with E-state index in [0.29, 0.717) is 31.1 Å². The molecule has 2 atom stereocenters. The molecule has 6 heteroatoms. The third kappa shape index (κ3) is 4.41. The highest BCUT2D eigenvalue weighted by molar-refractivity contribution is 7.99. The lowest BCUT2D eigenvalue weighted by Gasteiger charge is -2.44. The van der Waals surface area contributed by atoms with E-state index in [1.54, 1.807) is 16.7 Å². The number of rotatable bonds is 2. The number of carbonyl (C=O) groups is 2. The first kappa shape index (κ1) is 18.6. The summed E-state index contributed by atoms with van der Waals surface area (Å²) in [5.41, 5.74) is 6.04. The Morgan fingerprint density at radius 1 is 1.30 bits per heavy atom. The minimum absolute atomic E-state index is 0.0577. The Kier molecular flexibility index (Phi) is 5.36. The summed E-state index contributed by atoms with van der Waals surface area (Å²) in [6.07, 6.45) is 1.31. The normalized spacial score (nSPS) is 28.1. The minimum atomic E-state index is -0.306. The van der Waals surface area contributed by atoms with E-state index in [1.165, 1.54) is 0 Å². The van der Waals surface area contributed by atoms with Crippen LogP contribution in [0.25, 0.3) is 0 Å². The van der Waals surface area contributed by atoms with Crippen molar-refractivity contribution in [3.8, 4) is 0 Å². The number of hydrogen-bond donors (Lipinski definition) is 1. The zero-order valence-corrected chi connectivity index (χ0v) is 15.9. The summed E-state index contributed by atoms with van der Waals surface area (Å²) in [7, 11) is 0. The van der Waals surface area contributed by atoms with Crippen molar-refractivity contribution in [3.05, 3.63) is 0 Å². The van der Waals surface area contributed by atoms with Gasteiger partial charge in [0.25, 0.3) is 0 Å². The summed E-state index contributed by atoms with van der Waals surface area (Å²) < 4.78 is 0. The molecule has 132 valence electrons. The van der Waals surface area contributed by atoms with E-state index in [2.05, 4.69) is 34.6 Å². The monoisotopic (exact) mass is 341 g/mol. The predicted octanol–water partition coefficient (Wildman–Crippen LogP) is 1.91.